The third-order valence-corrected chi connectivity index (χ3v) is 4.19. The molecule has 0 aromatic heterocycles. The van der Waals surface area contributed by atoms with Crippen LogP contribution in [0.25, 0.3) is 0 Å². The highest BCUT2D eigenvalue weighted by molar-refractivity contribution is 5.86. The number of carbonyl (C=O) groups excluding carboxylic acids is 1. The van der Waals surface area contributed by atoms with E-state index < -0.39 is 5.97 Å². The lowest BCUT2D eigenvalue weighted by atomic mass is 9.95. The Labute approximate surface area is 123 Å². The van der Waals surface area contributed by atoms with Gasteiger partial charge in [-0.05, 0) is 36.3 Å². The minimum Gasteiger partial charge on any atom is -0.480 e. The zero-order valence-electron chi connectivity index (χ0n) is 11.9. The number of nitrogens with one attached hydrogen (secondary N) is 1. The van der Waals surface area contributed by atoms with Crippen LogP contribution in [-0.2, 0) is 22.6 Å². The Kier molecular flexibility index (Phi) is 3.92. The summed E-state index contributed by atoms with van der Waals surface area (Å²) >= 11 is 0. The van der Waals surface area contributed by atoms with Crippen molar-refractivity contribution in [3.05, 3.63) is 35.4 Å². The molecule has 0 spiro atoms. The average Bonchev–Trinajstić information content (AvgIpc) is 3.29. The molecule has 1 amide bonds. The van der Waals surface area contributed by atoms with Crippen molar-refractivity contribution in [3.63, 3.8) is 0 Å². The molecule has 1 fully saturated rings. The number of benzene rings is 1. The summed E-state index contributed by atoms with van der Waals surface area (Å²) in [6.45, 7) is 1.04. The van der Waals surface area contributed by atoms with E-state index in [1.807, 2.05) is 18.2 Å². The van der Waals surface area contributed by atoms with E-state index in [9.17, 15) is 9.59 Å². The van der Waals surface area contributed by atoms with E-state index in [1.54, 1.807) is 0 Å². The molecular formula is C16H20N2O3. The Morgan fingerprint density at radius 3 is 2.62 bits per heavy atom. The molecular weight excluding hydrogens is 268 g/mol. The van der Waals surface area contributed by atoms with Gasteiger partial charge in [-0.15, -0.1) is 0 Å². The first-order valence-electron chi connectivity index (χ1n) is 7.44. The second-order valence-electron chi connectivity index (χ2n) is 5.96. The highest BCUT2D eigenvalue weighted by Gasteiger charge is 2.32. The number of carboxylic acids is 1. The number of nitrogens with zero attached hydrogens (tertiary/aromatic N) is 1. The normalized spacial score (nSPS) is 20.7. The highest BCUT2D eigenvalue weighted by atomic mass is 16.4. The maximum Gasteiger partial charge on any atom is 0.323 e. The maximum absolute atomic E-state index is 12.6. The molecule has 0 radical (unpaired) electrons. The van der Waals surface area contributed by atoms with E-state index >= 15 is 0 Å². The number of fused-ring (bicyclic) bond motifs is 1. The maximum atomic E-state index is 12.6. The lowest BCUT2D eigenvalue weighted by molar-refractivity contribution is -0.145. The summed E-state index contributed by atoms with van der Waals surface area (Å²) in [6, 6.07) is 7.76. The van der Waals surface area contributed by atoms with Crippen LogP contribution >= 0.6 is 0 Å². The largest absolute Gasteiger partial charge is 0.480 e. The molecule has 1 atom stereocenters. The van der Waals surface area contributed by atoms with Gasteiger partial charge < -0.3 is 15.3 Å². The minimum absolute atomic E-state index is 0.0844. The summed E-state index contributed by atoms with van der Waals surface area (Å²) in [5.41, 5.74) is 2.39. The van der Waals surface area contributed by atoms with Crippen LogP contribution in [0, 0.1) is 5.92 Å². The van der Waals surface area contributed by atoms with E-state index in [4.69, 9.17) is 5.11 Å². The topological polar surface area (TPSA) is 69.6 Å². The second kappa shape index (κ2) is 5.85. The van der Waals surface area contributed by atoms with Crippen LogP contribution in [0.5, 0.6) is 0 Å². The molecule has 1 aliphatic carbocycles. The third-order valence-electron chi connectivity index (χ3n) is 4.19. The first kappa shape index (κ1) is 14.1. The number of carboxylic acid groups (broad SMARTS) is 1. The minimum atomic E-state index is -0.944. The molecule has 2 N–H and O–H groups in total. The van der Waals surface area contributed by atoms with Gasteiger partial charge in [-0.25, -0.2) is 0 Å². The van der Waals surface area contributed by atoms with Crippen LogP contribution in [-0.4, -0.2) is 41.0 Å². The molecule has 1 aromatic carbocycles. The van der Waals surface area contributed by atoms with Crippen molar-refractivity contribution in [3.8, 4) is 0 Å². The molecule has 1 aliphatic heterocycles. The molecule has 1 heterocycles. The van der Waals surface area contributed by atoms with Crippen molar-refractivity contribution in [2.75, 3.05) is 13.1 Å². The van der Waals surface area contributed by atoms with Gasteiger partial charge >= 0.3 is 5.97 Å². The number of hydrogen-bond acceptors (Lipinski definition) is 3. The first-order valence-corrected chi connectivity index (χ1v) is 7.44. The molecule has 0 bridgehead atoms. The van der Waals surface area contributed by atoms with E-state index in [0.717, 1.165) is 12.8 Å². The van der Waals surface area contributed by atoms with Gasteiger partial charge in [0.1, 0.15) is 6.54 Å². The first-order chi connectivity index (χ1) is 10.1. The zero-order chi connectivity index (χ0) is 14.8. The molecule has 0 saturated heterocycles. The Hall–Kier alpha value is -1.88. The van der Waals surface area contributed by atoms with Crippen LogP contribution in [0.1, 0.15) is 24.0 Å². The summed E-state index contributed by atoms with van der Waals surface area (Å²) in [7, 11) is 0. The van der Waals surface area contributed by atoms with Crippen LogP contribution in [0.4, 0.5) is 0 Å². The van der Waals surface area contributed by atoms with Gasteiger partial charge in [0.05, 0.1) is 6.04 Å². The van der Waals surface area contributed by atoms with Gasteiger partial charge in [0, 0.05) is 13.1 Å². The summed E-state index contributed by atoms with van der Waals surface area (Å²) in [5, 5.41) is 12.2. The van der Waals surface area contributed by atoms with Gasteiger partial charge in [-0.3, -0.25) is 9.59 Å². The van der Waals surface area contributed by atoms with Gasteiger partial charge in [-0.2, -0.15) is 0 Å². The fourth-order valence-electron chi connectivity index (χ4n) is 2.86. The summed E-state index contributed by atoms with van der Waals surface area (Å²) in [5.74, 6) is -0.539. The average molecular weight is 288 g/mol. The highest BCUT2D eigenvalue weighted by Crippen LogP contribution is 2.30. The van der Waals surface area contributed by atoms with Crippen molar-refractivity contribution in [2.24, 2.45) is 5.92 Å². The molecule has 3 rings (SSSR count). The SMILES string of the molecule is O=C(O)CN(CC1CC1)C(=O)[C@H]1Cc2ccccc2CN1. The summed E-state index contributed by atoms with van der Waals surface area (Å²) in [4.78, 5) is 25.1. The number of carbonyl (C=O) groups is 2. The van der Waals surface area contributed by atoms with E-state index in [0.29, 0.717) is 25.4 Å². The van der Waals surface area contributed by atoms with Crippen LogP contribution in [0.15, 0.2) is 24.3 Å². The lowest BCUT2D eigenvalue weighted by Crippen LogP contribution is -2.51. The van der Waals surface area contributed by atoms with Gasteiger partial charge in [0.25, 0.3) is 0 Å². The van der Waals surface area contributed by atoms with E-state index in [2.05, 4.69) is 11.4 Å². The number of aliphatic carboxylic acids is 1. The standard InChI is InChI=1S/C16H20N2O3/c19-15(20)10-18(9-11-5-6-11)16(21)14-7-12-3-1-2-4-13(12)8-17-14/h1-4,11,14,17H,5-10H2,(H,19,20)/t14-/m1/s1. The van der Waals surface area contributed by atoms with Crippen molar-refractivity contribution in [1.82, 2.24) is 10.2 Å². The van der Waals surface area contributed by atoms with E-state index in [-0.39, 0.29) is 18.5 Å². The second-order valence-corrected chi connectivity index (χ2v) is 5.96. The van der Waals surface area contributed by atoms with Crippen molar-refractivity contribution >= 4 is 11.9 Å². The molecule has 21 heavy (non-hydrogen) atoms. The van der Waals surface area contributed by atoms with Crippen LogP contribution in [0.2, 0.25) is 0 Å². The van der Waals surface area contributed by atoms with Crippen molar-refractivity contribution < 1.29 is 14.7 Å². The van der Waals surface area contributed by atoms with Crippen molar-refractivity contribution in [1.29, 1.82) is 0 Å². The third kappa shape index (κ3) is 3.42. The van der Waals surface area contributed by atoms with E-state index in [1.165, 1.54) is 16.0 Å². The quantitative estimate of drug-likeness (QED) is 0.849. The van der Waals surface area contributed by atoms with Crippen LogP contribution < -0.4 is 5.32 Å². The molecule has 1 saturated carbocycles. The molecule has 0 unspecified atom stereocenters. The number of amides is 1. The monoisotopic (exact) mass is 288 g/mol. The van der Waals surface area contributed by atoms with Gasteiger partial charge in [-0.1, -0.05) is 24.3 Å². The predicted molar refractivity (Wildman–Crippen MR) is 77.7 cm³/mol. The fraction of sp³-hybridized carbons (Fsp3) is 0.500. The Balaban J connectivity index is 1.69. The Morgan fingerprint density at radius 1 is 1.24 bits per heavy atom. The fourth-order valence-corrected chi connectivity index (χ4v) is 2.86. The Morgan fingerprint density at radius 2 is 1.95 bits per heavy atom. The number of hydrogen-bond donors (Lipinski definition) is 2. The zero-order valence-corrected chi connectivity index (χ0v) is 11.9. The summed E-state index contributed by atoms with van der Waals surface area (Å²) < 4.78 is 0. The smallest absolute Gasteiger partial charge is 0.323 e. The van der Waals surface area contributed by atoms with Gasteiger partial charge in [0.15, 0.2) is 0 Å². The summed E-state index contributed by atoms with van der Waals surface area (Å²) in [6.07, 6.45) is 2.84. The Bertz CT molecular complexity index is 554. The molecule has 5 nitrogen and oxygen atoms in total. The number of rotatable bonds is 5. The van der Waals surface area contributed by atoms with Crippen LogP contribution in [0.3, 0.4) is 0 Å². The lowest BCUT2D eigenvalue weighted by Gasteiger charge is -2.30. The predicted octanol–water partition coefficient (Wildman–Crippen LogP) is 1.02. The van der Waals surface area contributed by atoms with Gasteiger partial charge in [0.2, 0.25) is 5.91 Å². The molecule has 112 valence electrons. The molecule has 2 aliphatic rings. The van der Waals surface area contributed by atoms with Crippen molar-refractivity contribution in [2.45, 2.75) is 31.8 Å². The molecule has 1 aromatic rings. The molecule has 5 heteroatoms.